The minimum atomic E-state index is -2.60. The van der Waals surface area contributed by atoms with Gasteiger partial charge >= 0.3 is 0 Å². The summed E-state index contributed by atoms with van der Waals surface area (Å²) in [5.41, 5.74) is 3.97. The summed E-state index contributed by atoms with van der Waals surface area (Å²) in [5.74, 6) is -1.25. The Hall–Kier alpha value is -3.62. The number of fused-ring (bicyclic) bond motifs is 1. The number of ether oxygens (including phenoxy) is 1. The molecule has 158 valence electrons. The van der Waals surface area contributed by atoms with Crippen molar-refractivity contribution < 1.29 is 13.5 Å². The van der Waals surface area contributed by atoms with Crippen molar-refractivity contribution in [1.29, 1.82) is 0 Å². The Bertz CT molecular complexity index is 1230. The lowest BCUT2D eigenvalue weighted by Gasteiger charge is -2.32. The van der Waals surface area contributed by atoms with Gasteiger partial charge in [-0.15, -0.1) is 0 Å². The second-order valence-corrected chi connectivity index (χ2v) is 7.51. The smallest absolute Gasteiger partial charge is 0.251 e. The van der Waals surface area contributed by atoms with E-state index in [-0.39, 0.29) is 25.9 Å². The van der Waals surface area contributed by atoms with Gasteiger partial charge in [0.15, 0.2) is 0 Å². The average Bonchev–Trinajstić information content (AvgIpc) is 3.22. The molecule has 7 nitrogen and oxygen atoms in total. The van der Waals surface area contributed by atoms with E-state index in [0.29, 0.717) is 17.2 Å². The van der Waals surface area contributed by atoms with Gasteiger partial charge in [0.25, 0.3) is 5.92 Å². The molecule has 1 fully saturated rings. The van der Waals surface area contributed by atoms with Crippen LogP contribution in [-0.4, -0.2) is 51.3 Å². The number of hydrogen-bond donors (Lipinski definition) is 1. The van der Waals surface area contributed by atoms with Gasteiger partial charge in [0, 0.05) is 55.3 Å². The number of H-pyrrole nitrogens is 1. The first-order chi connectivity index (χ1) is 15.0. The topological polar surface area (TPSA) is 79.8 Å². The number of alkyl halides is 2. The Morgan fingerprint density at radius 3 is 2.74 bits per heavy atom. The zero-order chi connectivity index (χ0) is 21.4. The molecule has 3 aromatic heterocycles. The summed E-state index contributed by atoms with van der Waals surface area (Å²) >= 11 is 0. The van der Waals surface area contributed by atoms with Crippen LogP contribution in [0.2, 0.25) is 0 Å². The van der Waals surface area contributed by atoms with Gasteiger partial charge in [0.1, 0.15) is 23.6 Å². The van der Waals surface area contributed by atoms with Crippen molar-refractivity contribution in [1.82, 2.24) is 25.1 Å². The van der Waals surface area contributed by atoms with Crippen LogP contribution in [0, 0.1) is 0 Å². The molecule has 1 saturated heterocycles. The lowest BCUT2D eigenvalue weighted by molar-refractivity contribution is -0.0221. The molecule has 0 saturated carbocycles. The first kappa shape index (κ1) is 19.3. The number of aromatic nitrogens is 5. The summed E-state index contributed by atoms with van der Waals surface area (Å²) in [7, 11) is 1.62. The highest BCUT2D eigenvalue weighted by molar-refractivity contribution is 5.95. The second kappa shape index (κ2) is 7.57. The zero-order valence-corrected chi connectivity index (χ0v) is 16.8. The fraction of sp³-hybridized carbons (Fsp3) is 0.273. The van der Waals surface area contributed by atoms with Gasteiger partial charge in [-0.25, -0.2) is 18.7 Å². The Kier molecular flexibility index (Phi) is 4.72. The van der Waals surface area contributed by atoms with Crippen molar-refractivity contribution in [2.24, 2.45) is 0 Å². The predicted molar refractivity (Wildman–Crippen MR) is 113 cm³/mol. The van der Waals surface area contributed by atoms with Crippen molar-refractivity contribution in [2.75, 3.05) is 25.1 Å². The van der Waals surface area contributed by atoms with E-state index >= 15 is 0 Å². The van der Waals surface area contributed by atoms with E-state index in [1.54, 1.807) is 25.6 Å². The van der Waals surface area contributed by atoms with Gasteiger partial charge in [0.05, 0.1) is 18.3 Å². The van der Waals surface area contributed by atoms with E-state index in [9.17, 15) is 8.78 Å². The number of benzene rings is 1. The van der Waals surface area contributed by atoms with Crippen LogP contribution >= 0.6 is 0 Å². The van der Waals surface area contributed by atoms with E-state index in [2.05, 4.69) is 25.1 Å². The molecule has 4 aromatic rings. The first-order valence-electron chi connectivity index (χ1n) is 9.96. The number of hydrogen-bond acceptors (Lipinski definition) is 6. The Labute approximate surface area is 177 Å². The van der Waals surface area contributed by atoms with Crippen LogP contribution in [0.25, 0.3) is 33.4 Å². The van der Waals surface area contributed by atoms with Crippen LogP contribution in [0.1, 0.15) is 12.8 Å². The third kappa shape index (κ3) is 3.67. The first-order valence-corrected chi connectivity index (χ1v) is 9.96. The summed E-state index contributed by atoms with van der Waals surface area (Å²) in [4.78, 5) is 14.8. The molecule has 0 radical (unpaired) electrons. The third-order valence-electron chi connectivity index (χ3n) is 5.59. The number of aromatic amines is 1. The van der Waals surface area contributed by atoms with Crippen molar-refractivity contribution in [2.45, 2.75) is 18.8 Å². The summed E-state index contributed by atoms with van der Waals surface area (Å²) in [6.45, 7) is 0.519. The number of piperidine rings is 1. The molecule has 9 heteroatoms. The molecule has 0 spiro atoms. The summed E-state index contributed by atoms with van der Waals surface area (Å²) in [6, 6.07) is 9.55. The number of nitrogens with zero attached hydrogens (tertiary/aromatic N) is 5. The van der Waals surface area contributed by atoms with Crippen molar-refractivity contribution >= 4 is 16.7 Å². The molecule has 0 aliphatic carbocycles. The van der Waals surface area contributed by atoms with Crippen molar-refractivity contribution in [3.8, 4) is 28.3 Å². The lowest BCUT2D eigenvalue weighted by Crippen LogP contribution is -2.39. The number of anilines is 1. The highest BCUT2D eigenvalue weighted by atomic mass is 19.3. The highest BCUT2D eigenvalue weighted by Gasteiger charge is 2.34. The standard InChI is InChI=1S/C22H20F2N6O/c1-31-19-4-7-25-12-16(19)14-2-3-17-15(10-14)21(29-28-17)18-11-20(27-13-26-18)30-8-5-22(23,24)6-9-30/h2-4,7,10-13H,5-6,8-9H2,1H3,(H,28,29). The maximum atomic E-state index is 13.5. The normalized spacial score (nSPS) is 15.9. The van der Waals surface area contributed by atoms with Gasteiger partial charge in [-0.2, -0.15) is 5.10 Å². The van der Waals surface area contributed by atoms with E-state index in [1.807, 2.05) is 29.2 Å². The number of pyridine rings is 1. The van der Waals surface area contributed by atoms with E-state index < -0.39 is 5.92 Å². The maximum Gasteiger partial charge on any atom is 0.251 e. The molecule has 0 unspecified atom stereocenters. The SMILES string of the molecule is COc1ccncc1-c1ccc2[nH]nc(-c3cc(N4CCC(F)(F)CC4)ncn3)c2c1. The maximum absolute atomic E-state index is 13.5. The van der Waals surface area contributed by atoms with Gasteiger partial charge in [-0.05, 0) is 23.8 Å². The molecule has 4 heterocycles. The molecule has 1 aromatic carbocycles. The molecule has 1 aliphatic rings. The third-order valence-corrected chi connectivity index (χ3v) is 5.59. The van der Waals surface area contributed by atoms with Crippen molar-refractivity contribution in [3.05, 3.63) is 49.1 Å². The minimum absolute atomic E-state index is 0.173. The molecule has 0 amide bonds. The van der Waals surface area contributed by atoms with E-state index in [1.165, 1.54) is 6.33 Å². The largest absolute Gasteiger partial charge is 0.496 e. The van der Waals surface area contributed by atoms with Crippen LogP contribution in [0.3, 0.4) is 0 Å². The summed E-state index contributed by atoms with van der Waals surface area (Å²) < 4.78 is 32.5. The second-order valence-electron chi connectivity index (χ2n) is 7.51. The molecule has 0 bridgehead atoms. The van der Waals surface area contributed by atoms with Crippen LogP contribution in [0.5, 0.6) is 5.75 Å². The van der Waals surface area contributed by atoms with Gasteiger partial charge in [-0.1, -0.05) is 6.07 Å². The van der Waals surface area contributed by atoms with E-state index in [0.717, 1.165) is 27.8 Å². The monoisotopic (exact) mass is 422 g/mol. The molecule has 0 atom stereocenters. The highest BCUT2D eigenvalue weighted by Crippen LogP contribution is 2.35. The lowest BCUT2D eigenvalue weighted by atomic mass is 10.0. The van der Waals surface area contributed by atoms with Gasteiger partial charge in [0.2, 0.25) is 0 Å². The van der Waals surface area contributed by atoms with Crippen LogP contribution in [-0.2, 0) is 0 Å². The average molecular weight is 422 g/mol. The quantitative estimate of drug-likeness (QED) is 0.528. The molecule has 5 rings (SSSR count). The Morgan fingerprint density at radius 2 is 1.94 bits per heavy atom. The fourth-order valence-electron chi connectivity index (χ4n) is 3.87. The predicted octanol–water partition coefficient (Wildman–Crippen LogP) is 4.33. The van der Waals surface area contributed by atoms with Gasteiger partial charge in [-0.3, -0.25) is 10.1 Å². The molecular formula is C22H20F2N6O. The van der Waals surface area contributed by atoms with E-state index in [4.69, 9.17) is 4.74 Å². The summed E-state index contributed by atoms with van der Waals surface area (Å²) in [6.07, 6.45) is 4.55. The molecule has 1 N–H and O–H groups in total. The van der Waals surface area contributed by atoms with Gasteiger partial charge < -0.3 is 9.64 Å². The number of rotatable bonds is 4. The Morgan fingerprint density at radius 1 is 1.10 bits per heavy atom. The minimum Gasteiger partial charge on any atom is -0.496 e. The number of methoxy groups -OCH3 is 1. The molecule has 31 heavy (non-hydrogen) atoms. The fourth-order valence-corrected chi connectivity index (χ4v) is 3.87. The molecule has 1 aliphatic heterocycles. The molecular weight excluding hydrogens is 402 g/mol. The summed E-state index contributed by atoms with van der Waals surface area (Å²) in [5, 5.41) is 8.37. The number of nitrogens with one attached hydrogen (secondary N) is 1. The Balaban J connectivity index is 1.52. The zero-order valence-electron chi connectivity index (χ0n) is 16.8. The van der Waals surface area contributed by atoms with Crippen LogP contribution in [0.4, 0.5) is 14.6 Å². The van der Waals surface area contributed by atoms with Crippen LogP contribution < -0.4 is 9.64 Å². The van der Waals surface area contributed by atoms with Crippen molar-refractivity contribution in [3.63, 3.8) is 0 Å². The van der Waals surface area contributed by atoms with Crippen LogP contribution in [0.15, 0.2) is 49.1 Å². The number of halogens is 2.